The third-order valence-corrected chi connectivity index (χ3v) is 5.73. The van der Waals surface area contributed by atoms with Crippen molar-refractivity contribution < 1.29 is 5.11 Å². The van der Waals surface area contributed by atoms with Gasteiger partial charge in [0.15, 0.2) is 0 Å². The molecule has 0 radical (unpaired) electrons. The second kappa shape index (κ2) is 6.89. The summed E-state index contributed by atoms with van der Waals surface area (Å²) in [5, 5.41) is 11.6. The van der Waals surface area contributed by atoms with E-state index in [1.54, 1.807) is 6.20 Å². The number of aliphatic hydroxyl groups excluding tert-OH is 1. The van der Waals surface area contributed by atoms with E-state index in [0.29, 0.717) is 11.4 Å². The Hall–Kier alpha value is -2.95. The van der Waals surface area contributed by atoms with E-state index in [1.165, 1.54) is 0 Å². The van der Waals surface area contributed by atoms with Gasteiger partial charge >= 0.3 is 0 Å². The molecule has 5 heteroatoms. The standard InChI is InChI=1S/C23H18ClN3O/c24-20-10-16(15-4-2-1-3-5-15)6-7-18(20)23(28)11-21-17-8-9-25-12-19(17)22-13-26-14-27(21)22/h1-10,12-14,21,23,28H,11H2. The van der Waals surface area contributed by atoms with Crippen molar-refractivity contribution in [1.29, 1.82) is 0 Å². The van der Waals surface area contributed by atoms with E-state index in [0.717, 1.165) is 33.5 Å². The van der Waals surface area contributed by atoms with Gasteiger partial charge in [0, 0.05) is 29.4 Å². The number of fused-ring (bicyclic) bond motifs is 3. The fourth-order valence-electron chi connectivity index (χ4n) is 4.01. The Labute approximate surface area is 168 Å². The highest BCUT2D eigenvalue weighted by molar-refractivity contribution is 6.31. The van der Waals surface area contributed by atoms with Gasteiger partial charge in [-0.2, -0.15) is 0 Å². The van der Waals surface area contributed by atoms with Gasteiger partial charge in [0.2, 0.25) is 0 Å². The molecule has 0 fully saturated rings. The minimum absolute atomic E-state index is 0.00960. The lowest BCUT2D eigenvalue weighted by molar-refractivity contribution is 0.154. The van der Waals surface area contributed by atoms with Crippen LogP contribution in [0.15, 0.2) is 79.5 Å². The molecule has 0 bridgehead atoms. The van der Waals surface area contributed by atoms with Crippen molar-refractivity contribution in [3.63, 3.8) is 0 Å². The first-order valence-electron chi connectivity index (χ1n) is 9.21. The molecule has 0 aliphatic carbocycles. The number of halogens is 1. The van der Waals surface area contributed by atoms with Crippen molar-refractivity contribution in [2.24, 2.45) is 0 Å². The number of pyridine rings is 1. The third-order valence-electron chi connectivity index (χ3n) is 5.40. The number of hydrogen-bond donors (Lipinski definition) is 1. The average molecular weight is 388 g/mol. The van der Waals surface area contributed by atoms with E-state index >= 15 is 0 Å². The van der Waals surface area contributed by atoms with Gasteiger partial charge in [0.1, 0.15) is 0 Å². The number of rotatable bonds is 4. The molecule has 3 heterocycles. The quantitative estimate of drug-likeness (QED) is 0.517. The number of imidazole rings is 1. The van der Waals surface area contributed by atoms with Crippen LogP contribution in [0.5, 0.6) is 0 Å². The van der Waals surface area contributed by atoms with Crippen LogP contribution < -0.4 is 0 Å². The highest BCUT2D eigenvalue weighted by Crippen LogP contribution is 2.43. The van der Waals surface area contributed by atoms with Gasteiger partial charge in [-0.05, 0) is 34.4 Å². The molecule has 0 saturated carbocycles. The van der Waals surface area contributed by atoms with E-state index in [9.17, 15) is 5.11 Å². The summed E-state index contributed by atoms with van der Waals surface area (Å²) in [6.07, 6.45) is 7.14. The molecule has 0 saturated heterocycles. The molecule has 138 valence electrons. The maximum Gasteiger partial charge on any atom is 0.0956 e. The van der Waals surface area contributed by atoms with Crippen LogP contribution in [0, 0.1) is 0 Å². The maximum atomic E-state index is 11.0. The minimum Gasteiger partial charge on any atom is -0.388 e. The Bertz CT molecular complexity index is 1140. The van der Waals surface area contributed by atoms with E-state index in [1.807, 2.05) is 73.3 Å². The van der Waals surface area contributed by atoms with Gasteiger partial charge in [-0.3, -0.25) is 4.98 Å². The number of nitrogens with zero attached hydrogens (tertiary/aromatic N) is 3. The van der Waals surface area contributed by atoms with Crippen LogP contribution in [-0.4, -0.2) is 19.6 Å². The van der Waals surface area contributed by atoms with Crippen molar-refractivity contribution in [3.8, 4) is 22.4 Å². The summed E-state index contributed by atoms with van der Waals surface area (Å²) in [4.78, 5) is 8.50. The average Bonchev–Trinajstić information content (AvgIpc) is 3.31. The van der Waals surface area contributed by atoms with Gasteiger partial charge in [-0.15, -0.1) is 0 Å². The maximum absolute atomic E-state index is 11.0. The van der Waals surface area contributed by atoms with Crippen molar-refractivity contribution >= 4 is 11.6 Å². The Balaban J connectivity index is 1.44. The second-order valence-electron chi connectivity index (χ2n) is 7.02. The Morgan fingerprint density at radius 3 is 2.68 bits per heavy atom. The van der Waals surface area contributed by atoms with Crippen molar-refractivity contribution in [3.05, 3.63) is 95.7 Å². The summed E-state index contributed by atoms with van der Waals surface area (Å²) in [7, 11) is 0. The Kier molecular flexibility index (Phi) is 4.23. The van der Waals surface area contributed by atoms with Crippen LogP contribution in [0.25, 0.3) is 22.4 Å². The predicted octanol–water partition coefficient (Wildman–Crippen LogP) is 5.29. The second-order valence-corrected chi connectivity index (χ2v) is 7.43. The van der Waals surface area contributed by atoms with Crippen molar-refractivity contribution in [1.82, 2.24) is 14.5 Å². The molecule has 2 aromatic carbocycles. The Morgan fingerprint density at radius 2 is 1.86 bits per heavy atom. The molecule has 28 heavy (non-hydrogen) atoms. The summed E-state index contributed by atoms with van der Waals surface area (Å²) in [6, 6.07) is 18.0. The number of aromatic nitrogens is 3. The topological polar surface area (TPSA) is 50.9 Å². The normalized spacial score (nSPS) is 15.9. The monoisotopic (exact) mass is 387 g/mol. The van der Waals surface area contributed by atoms with Crippen LogP contribution in [0.1, 0.15) is 29.7 Å². The molecule has 0 amide bonds. The Morgan fingerprint density at radius 1 is 1.00 bits per heavy atom. The highest BCUT2D eigenvalue weighted by atomic mass is 35.5. The first-order chi connectivity index (χ1) is 13.7. The highest BCUT2D eigenvalue weighted by Gasteiger charge is 2.30. The number of hydrogen-bond acceptors (Lipinski definition) is 3. The largest absolute Gasteiger partial charge is 0.388 e. The molecule has 2 unspecified atom stereocenters. The van der Waals surface area contributed by atoms with Crippen LogP contribution in [0.3, 0.4) is 0 Å². The van der Waals surface area contributed by atoms with E-state index < -0.39 is 6.10 Å². The lowest BCUT2D eigenvalue weighted by Gasteiger charge is -2.20. The van der Waals surface area contributed by atoms with Gasteiger partial charge in [-0.1, -0.05) is 54.1 Å². The lowest BCUT2D eigenvalue weighted by atomic mass is 9.95. The molecular formula is C23H18ClN3O. The minimum atomic E-state index is -0.684. The van der Waals surface area contributed by atoms with Gasteiger partial charge < -0.3 is 9.67 Å². The molecule has 0 spiro atoms. The molecule has 4 nitrogen and oxygen atoms in total. The van der Waals surface area contributed by atoms with Gasteiger partial charge in [0.05, 0.1) is 30.4 Å². The molecule has 2 atom stereocenters. The van der Waals surface area contributed by atoms with E-state index in [4.69, 9.17) is 11.6 Å². The zero-order valence-electron chi connectivity index (χ0n) is 15.0. The summed E-state index contributed by atoms with van der Waals surface area (Å²) in [5.41, 5.74) is 6.14. The lowest BCUT2D eigenvalue weighted by Crippen LogP contribution is -2.11. The van der Waals surface area contributed by atoms with Gasteiger partial charge in [0.25, 0.3) is 0 Å². The van der Waals surface area contributed by atoms with Crippen molar-refractivity contribution in [2.45, 2.75) is 18.6 Å². The fraction of sp³-hybridized carbons (Fsp3) is 0.130. The molecule has 1 aliphatic heterocycles. The zero-order chi connectivity index (χ0) is 19.1. The first-order valence-corrected chi connectivity index (χ1v) is 9.59. The van der Waals surface area contributed by atoms with Crippen LogP contribution in [0.4, 0.5) is 0 Å². The van der Waals surface area contributed by atoms with Crippen LogP contribution in [0.2, 0.25) is 5.02 Å². The van der Waals surface area contributed by atoms with Gasteiger partial charge in [-0.25, -0.2) is 4.98 Å². The van der Waals surface area contributed by atoms with E-state index in [-0.39, 0.29) is 6.04 Å². The summed E-state index contributed by atoms with van der Waals surface area (Å²) < 4.78 is 2.10. The molecule has 1 aliphatic rings. The summed E-state index contributed by atoms with van der Waals surface area (Å²) in [5.74, 6) is 0. The molecular weight excluding hydrogens is 370 g/mol. The summed E-state index contributed by atoms with van der Waals surface area (Å²) >= 11 is 6.55. The fourth-order valence-corrected chi connectivity index (χ4v) is 4.31. The molecule has 1 N–H and O–H groups in total. The first kappa shape index (κ1) is 17.2. The molecule has 5 rings (SSSR count). The van der Waals surface area contributed by atoms with E-state index in [2.05, 4.69) is 14.5 Å². The van der Waals surface area contributed by atoms with Crippen LogP contribution in [-0.2, 0) is 0 Å². The molecule has 2 aromatic heterocycles. The van der Waals surface area contributed by atoms with Crippen molar-refractivity contribution in [2.75, 3.05) is 0 Å². The zero-order valence-corrected chi connectivity index (χ0v) is 15.8. The SMILES string of the molecule is OC(CC1c2ccncc2-c2cncn21)c1ccc(-c2ccccc2)cc1Cl. The summed E-state index contributed by atoms with van der Waals surface area (Å²) in [6.45, 7) is 0. The third kappa shape index (κ3) is 2.82. The number of aliphatic hydroxyl groups is 1. The predicted molar refractivity (Wildman–Crippen MR) is 110 cm³/mol. The number of benzene rings is 2. The molecule has 4 aromatic rings. The van der Waals surface area contributed by atoms with Crippen LogP contribution >= 0.6 is 11.6 Å². The smallest absolute Gasteiger partial charge is 0.0956 e.